The van der Waals surface area contributed by atoms with Gasteiger partial charge in [-0.1, -0.05) is 332 Å². The Labute approximate surface area is 726 Å². The van der Waals surface area contributed by atoms with Gasteiger partial charge in [-0.15, -0.1) is 0 Å². The van der Waals surface area contributed by atoms with Crippen molar-refractivity contribution < 1.29 is 41.1 Å². The molecule has 0 radical (unpaired) electrons. The van der Waals surface area contributed by atoms with E-state index >= 15 is 0 Å². The van der Waals surface area contributed by atoms with Crippen molar-refractivity contribution in [1.82, 2.24) is 9.13 Å². The molecule has 4 heterocycles. The van der Waals surface area contributed by atoms with Gasteiger partial charge in [0.15, 0.2) is 0 Å². The van der Waals surface area contributed by atoms with E-state index in [4.69, 9.17) is 8.22 Å². The number of benzene rings is 18. The van der Waals surface area contributed by atoms with Crippen LogP contribution in [0.15, 0.2) is 394 Å². The van der Waals surface area contributed by atoms with Crippen LogP contribution in [0.25, 0.3) is 154 Å². The van der Waals surface area contributed by atoms with Gasteiger partial charge >= 0.3 is 0 Å². The van der Waals surface area contributed by atoms with Gasteiger partial charge in [-0.05, 0) is 218 Å². The fourth-order valence-electron chi connectivity index (χ4n) is 17.1. The molecule has 4 nitrogen and oxygen atoms in total. The highest BCUT2D eigenvalue weighted by Gasteiger charge is 2.47. The molecule has 2 aliphatic heterocycles. The SMILES string of the molecule is [2H]c1c([2H])c([2H])c(-c2c([2H])c([2H])c3c(c2[2H])c2c([2H])c([2H])c([2H])c([2H])c2n3-c2c([2H])c([2H])c3c(c2[2H])N(c2c(-c4ccccc4)cc(C(C)(C)C)cc2-c2ccccc2)c2cc(-c4cc5ccccc5c5ccccc45)cc4c2B3c2c([2H])c([2H])c(-n3c5c([2H])c([2H])c([2H])c([2H])c5c5c([2H])c(-c6c([2H])c([2H])c([2H])c([2H])c6[2H])c([2H])c([2H])c53)c([2H])c2N4c2c(-c3ccccc3)cc(C(C)(C)C)cc2-c2ccccc2)c([2H])c1[2H]. The van der Waals surface area contributed by atoms with E-state index in [1.54, 1.807) is 0 Å². The van der Waals surface area contributed by atoms with E-state index < -0.39 is 276 Å². The lowest BCUT2D eigenvalue weighted by Crippen LogP contribution is -2.61. The standard InChI is InChI=1S/C112H83BN4/c1-111(2,3)82-66-92(74-37-17-9-18-38-74)109(93(67-82)75-39-19-10-20-40-75)116-104-70-84(114-100-51-31-29-49-89(100)96-61-78(53-59-102(96)114)72-33-13-7-14-34-72)55-57-98(104)113-99-58-56-85(115-101-52-32-30-50-90(101)97-62-79(54-60-103(97)115)73-35-15-8-16-36-73)71-105(99)117(110-94(76-41-21-11-22-42-76)68-83(112(4,5)6)69-95(110)77-43-23-12-24-44-77)107-65-81(64-106(116)108(107)113)91-63-80-45-25-26-46-86(80)87-47-27-28-48-88(87)91/h7-71H,1-6H3/i7D,8D,13D,14D,15D,16D,29D,30D,31D,32D,33D,34D,35D,36D,49D,50D,51D,52D,53D,54D,55D,56D,57D,58D,59D,60D,61D,62D,70D,71D. The van der Waals surface area contributed by atoms with Crippen LogP contribution in [-0.4, -0.2) is 15.8 Å². The lowest BCUT2D eigenvalue weighted by Gasteiger charge is -2.46. The summed E-state index contributed by atoms with van der Waals surface area (Å²) in [7, 11) is 0. The van der Waals surface area contributed by atoms with Crippen molar-refractivity contribution in [1.29, 1.82) is 0 Å². The molecule has 0 N–H and O–H groups in total. The van der Waals surface area contributed by atoms with Crippen LogP contribution < -0.4 is 26.2 Å². The first-order valence-corrected chi connectivity index (χ1v) is 38.6. The second-order valence-electron chi connectivity index (χ2n) is 31.6. The summed E-state index contributed by atoms with van der Waals surface area (Å²) < 4.78 is 304. The van der Waals surface area contributed by atoms with Gasteiger partial charge < -0.3 is 18.9 Å². The van der Waals surface area contributed by atoms with Gasteiger partial charge in [0.2, 0.25) is 0 Å². The van der Waals surface area contributed by atoms with Crippen molar-refractivity contribution in [3.05, 3.63) is 405 Å². The molecule has 0 spiro atoms. The van der Waals surface area contributed by atoms with Crippen LogP contribution in [0.4, 0.5) is 34.1 Å². The van der Waals surface area contributed by atoms with E-state index in [0.717, 1.165) is 36.4 Å². The van der Waals surface area contributed by atoms with E-state index in [1.165, 1.54) is 0 Å². The Morgan fingerprint density at radius 1 is 0.256 bits per heavy atom. The number of aromatic nitrogens is 2. The monoisotopic (exact) mass is 1520 g/mol. The summed E-state index contributed by atoms with van der Waals surface area (Å²) in [5, 5.41) is 0.939. The summed E-state index contributed by atoms with van der Waals surface area (Å²) in [5.41, 5.74) is -1.26. The molecular weight excluding hydrogens is 1410 g/mol. The molecule has 22 rings (SSSR count). The number of hydrogen-bond donors (Lipinski definition) is 0. The van der Waals surface area contributed by atoms with Crippen molar-refractivity contribution in [2.75, 3.05) is 9.80 Å². The van der Waals surface area contributed by atoms with Crippen LogP contribution >= 0.6 is 0 Å². The lowest BCUT2D eigenvalue weighted by molar-refractivity contribution is 0.590. The molecule has 20 aromatic rings. The molecule has 0 saturated carbocycles. The van der Waals surface area contributed by atoms with E-state index in [1.807, 2.05) is 222 Å². The van der Waals surface area contributed by atoms with Crippen LogP contribution in [0.2, 0.25) is 0 Å². The highest BCUT2D eigenvalue weighted by Crippen LogP contribution is 2.57. The first-order valence-electron chi connectivity index (χ1n) is 53.6. The average Bonchev–Trinajstić information content (AvgIpc) is 1.66. The normalized spacial score (nSPS) is 16.2. The minimum absolute atomic E-state index is 0.159. The zero-order chi connectivity index (χ0) is 104. The van der Waals surface area contributed by atoms with Gasteiger partial charge in [-0.2, -0.15) is 0 Å². The maximum absolute atomic E-state index is 12.2. The summed E-state index contributed by atoms with van der Waals surface area (Å²) in [6.07, 6.45) is 0. The van der Waals surface area contributed by atoms with Crippen LogP contribution in [-0.2, 0) is 10.8 Å². The van der Waals surface area contributed by atoms with Gasteiger partial charge in [0.1, 0.15) is 0 Å². The predicted molar refractivity (Wildman–Crippen MR) is 500 cm³/mol. The molecule has 18 aromatic carbocycles. The van der Waals surface area contributed by atoms with Crippen LogP contribution in [0.3, 0.4) is 0 Å². The minimum Gasteiger partial charge on any atom is -0.310 e. The van der Waals surface area contributed by atoms with Crippen LogP contribution in [0.1, 0.15) is 93.8 Å². The summed E-state index contributed by atoms with van der Waals surface area (Å²) in [5.74, 6) is 0. The van der Waals surface area contributed by atoms with Crippen molar-refractivity contribution >= 4 is 122 Å². The molecular formula is C112H83BN4. The highest BCUT2D eigenvalue weighted by molar-refractivity contribution is 7.00. The van der Waals surface area contributed by atoms with Gasteiger partial charge in [-0.25, -0.2) is 0 Å². The van der Waals surface area contributed by atoms with Crippen molar-refractivity contribution in [2.45, 2.75) is 52.4 Å². The number of hydrogen-bond acceptors (Lipinski definition) is 2. The lowest BCUT2D eigenvalue weighted by atomic mass is 9.33. The molecule has 0 atom stereocenters. The third-order valence-electron chi connectivity index (χ3n) is 22.6. The van der Waals surface area contributed by atoms with Crippen molar-refractivity contribution in [2.24, 2.45) is 0 Å². The highest BCUT2D eigenvalue weighted by atomic mass is 15.2. The fraction of sp³-hybridized carbons (Fsp3) is 0.0714. The van der Waals surface area contributed by atoms with Gasteiger partial charge in [0, 0.05) is 77.9 Å². The molecule has 0 amide bonds. The van der Waals surface area contributed by atoms with Gasteiger partial charge in [0.05, 0.1) is 74.6 Å². The van der Waals surface area contributed by atoms with E-state index in [9.17, 15) is 32.9 Å². The molecule has 2 aliphatic rings. The molecule has 5 heteroatoms. The Morgan fingerprint density at radius 2 is 0.624 bits per heavy atom. The molecule has 0 aliphatic carbocycles. The summed E-state index contributed by atoms with van der Waals surface area (Å²) >= 11 is 0. The maximum atomic E-state index is 12.2. The van der Waals surface area contributed by atoms with E-state index in [2.05, 4.69) is 41.5 Å². The molecule has 0 saturated heterocycles. The zero-order valence-electron chi connectivity index (χ0n) is 94.1. The van der Waals surface area contributed by atoms with Crippen molar-refractivity contribution in [3.63, 3.8) is 0 Å². The first-order chi connectivity index (χ1) is 69.8. The molecule has 2 aromatic heterocycles. The Hall–Kier alpha value is -14.3. The largest absolute Gasteiger partial charge is 0.310 e. The van der Waals surface area contributed by atoms with Crippen LogP contribution in [0, 0.1) is 0 Å². The van der Waals surface area contributed by atoms with Crippen LogP contribution in [0.5, 0.6) is 0 Å². The van der Waals surface area contributed by atoms with Crippen molar-refractivity contribution in [3.8, 4) is 89.3 Å². The quantitative estimate of drug-likeness (QED) is 0.0948. The second kappa shape index (κ2) is 27.2. The Bertz CT molecular complexity index is 8680. The molecule has 0 unspecified atom stereocenters. The second-order valence-corrected chi connectivity index (χ2v) is 31.6. The number of para-hydroxylation sites is 2. The number of rotatable bonds is 11. The number of nitrogens with zero attached hydrogens (tertiary/aromatic N) is 4. The molecule has 0 bridgehead atoms. The summed E-state index contributed by atoms with van der Waals surface area (Å²) in [6, 6.07) is 41.2. The van der Waals surface area contributed by atoms with Gasteiger partial charge in [-0.3, -0.25) is 0 Å². The van der Waals surface area contributed by atoms with E-state index in [-0.39, 0.29) is 39.1 Å². The van der Waals surface area contributed by atoms with E-state index in [0.29, 0.717) is 72.4 Å². The molecule has 117 heavy (non-hydrogen) atoms. The number of fused-ring (bicyclic) bond motifs is 13. The Morgan fingerprint density at radius 3 is 1.04 bits per heavy atom. The predicted octanol–water partition coefficient (Wildman–Crippen LogP) is 28.5. The van der Waals surface area contributed by atoms with Gasteiger partial charge in [0.25, 0.3) is 6.71 Å². The topological polar surface area (TPSA) is 16.3 Å². The Kier molecular flexibility index (Phi) is 10.5. The molecule has 0 fully saturated rings. The molecule has 554 valence electrons. The average molecular weight is 1530 g/mol. The minimum atomic E-state index is -1.86. The fourth-order valence-corrected chi connectivity index (χ4v) is 17.1. The third-order valence-corrected chi connectivity index (χ3v) is 22.6. The smallest absolute Gasteiger partial charge is 0.252 e. The zero-order valence-corrected chi connectivity index (χ0v) is 64.1. The Balaban J connectivity index is 1.02. The summed E-state index contributed by atoms with van der Waals surface area (Å²) in [4.78, 5) is 3.65. The first kappa shape index (κ1) is 45.0. The maximum Gasteiger partial charge on any atom is 0.252 e. The third kappa shape index (κ3) is 11.4. The summed E-state index contributed by atoms with van der Waals surface area (Å²) in [6.45, 7) is 10.5. The number of anilines is 6.